The monoisotopic (exact) mass is 204 g/mol. The lowest BCUT2D eigenvalue weighted by molar-refractivity contribution is 0.315. The van der Waals surface area contributed by atoms with E-state index in [0.717, 1.165) is 0 Å². The Hall–Kier alpha value is -0.840. The van der Waals surface area contributed by atoms with Crippen molar-refractivity contribution < 1.29 is 9.73 Å². The molecule has 1 aromatic heterocycles. The summed E-state index contributed by atoms with van der Waals surface area (Å²) in [6.07, 6.45) is 0. The zero-order chi connectivity index (χ0) is 7.56. The molecule has 0 aliphatic carbocycles. The average Bonchev–Trinajstić information content (AvgIpc) is 2.34. The highest BCUT2D eigenvalue weighted by Gasteiger charge is 2.03. The summed E-state index contributed by atoms with van der Waals surface area (Å²) >= 11 is 3.09. The standard InChI is InChI=1S/C5H5BrN2O2/c1-3(7-9)4-2-5(6)8-10-4/h2,9H,1H3/b7-3+. The molecule has 1 rings (SSSR count). The number of halogens is 1. The van der Waals surface area contributed by atoms with Gasteiger partial charge in [-0.3, -0.25) is 0 Å². The predicted molar refractivity (Wildman–Crippen MR) is 38.2 cm³/mol. The van der Waals surface area contributed by atoms with Crippen molar-refractivity contribution in [3.63, 3.8) is 0 Å². The predicted octanol–water partition coefficient (Wildman–Crippen LogP) is 1.64. The van der Waals surface area contributed by atoms with Crippen molar-refractivity contribution in [1.82, 2.24) is 5.16 Å². The maximum atomic E-state index is 8.28. The van der Waals surface area contributed by atoms with Gasteiger partial charge in [-0.25, -0.2) is 0 Å². The van der Waals surface area contributed by atoms with Gasteiger partial charge in [-0.2, -0.15) is 0 Å². The summed E-state index contributed by atoms with van der Waals surface area (Å²) in [7, 11) is 0. The molecule has 1 aromatic rings. The normalized spacial score (nSPS) is 12.0. The number of aromatic nitrogens is 1. The molecule has 0 aliphatic heterocycles. The quantitative estimate of drug-likeness (QED) is 0.430. The second kappa shape index (κ2) is 2.83. The molecule has 0 unspecified atom stereocenters. The van der Waals surface area contributed by atoms with Gasteiger partial charge in [0.1, 0.15) is 10.3 Å². The van der Waals surface area contributed by atoms with Crippen LogP contribution in [0, 0.1) is 0 Å². The summed E-state index contributed by atoms with van der Waals surface area (Å²) in [6.45, 7) is 1.62. The van der Waals surface area contributed by atoms with Gasteiger partial charge in [-0.15, -0.1) is 0 Å². The van der Waals surface area contributed by atoms with E-state index in [1.165, 1.54) is 0 Å². The summed E-state index contributed by atoms with van der Waals surface area (Å²) in [5, 5.41) is 14.8. The second-order valence-electron chi connectivity index (χ2n) is 1.70. The molecule has 1 heterocycles. The Balaban J connectivity index is 2.95. The molecule has 0 fully saturated rings. The van der Waals surface area contributed by atoms with Crippen molar-refractivity contribution >= 4 is 21.6 Å². The van der Waals surface area contributed by atoms with Gasteiger partial charge in [0.2, 0.25) is 0 Å². The number of oxime groups is 1. The Labute approximate surface area is 65.6 Å². The van der Waals surface area contributed by atoms with Crippen molar-refractivity contribution in [3.8, 4) is 0 Å². The topological polar surface area (TPSA) is 58.6 Å². The van der Waals surface area contributed by atoms with Crippen LogP contribution >= 0.6 is 15.9 Å². The highest BCUT2D eigenvalue weighted by molar-refractivity contribution is 9.10. The smallest absolute Gasteiger partial charge is 0.185 e. The first-order chi connectivity index (χ1) is 4.74. The molecule has 1 N–H and O–H groups in total. The fourth-order valence-electron chi connectivity index (χ4n) is 0.473. The molecule has 5 heteroatoms. The second-order valence-corrected chi connectivity index (χ2v) is 2.51. The van der Waals surface area contributed by atoms with E-state index < -0.39 is 0 Å². The molecule has 0 bridgehead atoms. The first-order valence-corrected chi connectivity index (χ1v) is 3.34. The van der Waals surface area contributed by atoms with Gasteiger partial charge in [0.25, 0.3) is 0 Å². The van der Waals surface area contributed by atoms with E-state index in [4.69, 9.17) is 9.73 Å². The number of hydrogen-bond acceptors (Lipinski definition) is 4. The molecule has 0 atom stereocenters. The summed E-state index contributed by atoms with van der Waals surface area (Å²) in [5.74, 6) is 0.453. The van der Waals surface area contributed by atoms with Gasteiger partial charge < -0.3 is 9.73 Å². The Kier molecular flexibility index (Phi) is 2.06. The van der Waals surface area contributed by atoms with Crippen LogP contribution in [-0.4, -0.2) is 16.1 Å². The van der Waals surface area contributed by atoms with Crippen LogP contribution in [0.5, 0.6) is 0 Å². The lowest BCUT2D eigenvalue weighted by atomic mass is 10.3. The molecular formula is C5H5BrN2O2. The molecule has 10 heavy (non-hydrogen) atoms. The third kappa shape index (κ3) is 1.36. The Bertz CT molecular complexity index is 256. The summed E-state index contributed by atoms with van der Waals surface area (Å²) in [4.78, 5) is 0. The molecule has 0 amide bonds. The van der Waals surface area contributed by atoms with Crippen molar-refractivity contribution in [1.29, 1.82) is 0 Å². The van der Waals surface area contributed by atoms with E-state index in [9.17, 15) is 0 Å². The molecule has 0 saturated carbocycles. The third-order valence-corrected chi connectivity index (χ3v) is 1.36. The van der Waals surface area contributed by atoms with Crippen molar-refractivity contribution in [2.24, 2.45) is 5.16 Å². The lowest BCUT2D eigenvalue weighted by Gasteiger charge is -1.84. The van der Waals surface area contributed by atoms with Crippen LogP contribution in [0.4, 0.5) is 0 Å². The Morgan fingerprint density at radius 1 is 1.90 bits per heavy atom. The van der Waals surface area contributed by atoms with E-state index in [0.29, 0.717) is 16.1 Å². The maximum Gasteiger partial charge on any atom is 0.185 e. The van der Waals surface area contributed by atoms with Gasteiger partial charge in [0.15, 0.2) is 5.76 Å². The fourth-order valence-corrected chi connectivity index (χ4v) is 0.754. The molecule has 54 valence electrons. The molecule has 0 saturated heterocycles. The Morgan fingerprint density at radius 3 is 3.00 bits per heavy atom. The number of nitrogens with zero attached hydrogens (tertiary/aromatic N) is 2. The Morgan fingerprint density at radius 2 is 2.60 bits per heavy atom. The molecule has 0 aliphatic rings. The van der Waals surface area contributed by atoms with Crippen LogP contribution in [0.3, 0.4) is 0 Å². The van der Waals surface area contributed by atoms with Gasteiger partial charge >= 0.3 is 0 Å². The average molecular weight is 205 g/mol. The van der Waals surface area contributed by atoms with E-state index in [1.54, 1.807) is 13.0 Å². The van der Waals surface area contributed by atoms with Gasteiger partial charge in [-0.05, 0) is 22.9 Å². The minimum Gasteiger partial charge on any atom is -0.411 e. The van der Waals surface area contributed by atoms with E-state index in [-0.39, 0.29) is 0 Å². The van der Waals surface area contributed by atoms with E-state index in [1.807, 2.05) is 0 Å². The molecular weight excluding hydrogens is 200 g/mol. The molecule has 0 radical (unpaired) electrons. The van der Waals surface area contributed by atoms with Crippen molar-refractivity contribution in [3.05, 3.63) is 16.4 Å². The highest BCUT2D eigenvalue weighted by Crippen LogP contribution is 2.10. The summed E-state index contributed by atoms with van der Waals surface area (Å²) < 4.78 is 5.32. The molecule has 4 nitrogen and oxygen atoms in total. The van der Waals surface area contributed by atoms with Crippen molar-refractivity contribution in [2.45, 2.75) is 6.92 Å². The zero-order valence-corrected chi connectivity index (χ0v) is 6.79. The minimum absolute atomic E-state index is 0.401. The number of hydrogen-bond donors (Lipinski definition) is 1. The van der Waals surface area contributed by atoms with Crippen LogP contribution in [-0.2, 0) is 0 Å². The van der Waals surface area contributed by atoms with Crippen LogP contribution < -0.4 is 0 Å². The minimum atomic E-state index is 0.401. The SMILES string of the molecule is C/C(=N\O)c1cc(Br)no1. The van der Waals surface area contributed by atoms with Crippen LogP contribution in [0.25, 0.3) is 0 Å². The van der Waals surface area contributed by atoms with Gasteiger partial charge in [0.05, 0.1) is 0 Å². The summed E-state index contributed by atoms with van der Waals surface area (Å²) in [6, 6.07) is 1.62. The van der Waals surface area contributed by atoms with Crippen LogP contribution in [0.2, 0.25) is 0 Å². The third-order valence-electron chi connectivity index (χ3n) is 0.988. The maximum absolute atomic E-state index is 8.28. The fraction of sp³-hybridized carbons (Fsp3) is 0.200. The van der Waals surface area contributed by atoms with Crippen LogP contribution in [0.15, 0.2) is 20.3 Å². The largest absolute Gasteiger partial charge is 0.411 e. The van der Waals surface area contributed by atoms with E-state index >= 15 is 0 Å². The van der Waals surface area contributed by atoms with E-state index in [2.05, 4.69) is 26.2 Å². The molecule has 0 aromatic carbocycles. The first kappa shape index (κ1) is 7.27. The summed E-state index contributed by atoms with van der Waals surface area (Å²) in [5.41, 5.74) is 0.401. The highest BCUT2D eigenvalue weighted by atomic mass is 79.9. The lowest BCUT2D eigenvalue weighted by Crippen LogP contribution is -1.89. The number of rotatable bonds is 1. The van der Waals surface area contributed by atoms with Gasteiger partial charge in [-0.1, -0.05) is 10.3 Å². The first-order valence-electron chi connectivity index (χ1n) is 2.55. The van der Waals surface area contributed by atoms with Crippen molar-refractivity contribution in [2.75, 3.05) is 0 Å². The van der Waals surface area contributed by atoms with Crippen LogP contribution in [0.1, 0.15) is 12.7 Å². The molecule has 0 spiro atoms. The van der Waals surface area contributed by atoms with Gasteiger partial charge in [0, 0.05) is 6.07 Å². The zero-order valence-electron chi connectivity index (χ0n) is 5.21.